The molecule has 0 saturated heterocycles. The van der Waals surface area contributed by atoms with Crippen molar-refractivity contribution in [3.05, 3.63) is 59.8 Å². The van der Waals surface area contributed by atoms with Gasteiger partial charge in [-0.05, 0) is 42.2 Å². The number of hydrogen-bond acceptors (Lipinski definition) is 6. The number of methoxy groups -OCH3 is 2. The van der Waals surface area contributed by atoms with E-state index in [2.05, 4.69) is 65.6 Å². The van der Waals surface area contributed by atoms with Gasteiger partial charge in [0.25, 0.3) is 0 Å². The Morgan fingerprint density at radius 2 is 1.55 bits per heavy atom. The lowest BCUT2D eigenvalue weighted by molar-refractivity contribution is 0.395. The first-order valence-electron chi connectivity index (χ1n) is 9.51. The highest BCUT2D eigenvalue weighted by Gasteiger charge is 2.13. The van der Waals surface area contributed by atoms with Crippen LogP contribution < -0.4 is 20.1 Å². The number of hydrogen-bond donors (Lipinski definition) is 2. The second-order valence-electron chi connectivity index (χ2n) is 7.86. The van der Waals surface area contributed by atoms with Crippen LogP contribution in [0.3, 0.4) is 0 Å². The van der Waals surface area contributed by atoms with E-state index in [1.54, 1.807) is 14.2 Å². The van der Waals surface area contributed by atoms with Crippen LogP contribution in [0.5, 0.6) is 11.5 Å². The number of benzene rings is 2. The average molecular weight is 393 g/mol. The zero-order valence-electron chi connectivity index (χ0n) is 17.8. The van der Waals surface area contributed by atoms with Gasteiger partial charge in [0.15, 0.2) is 0 Å². The number of ether oxygens (including phenoxy) is 2. The van der Waals surface area contributed by atoms with E-state index in [1.807, 2.05) is 31.2 Å². The average Bonchev–Trinajstić information content (AvgIpc) is 2.67. The van der Waals surface area contributed by atoms with Crippen LogP contribution in [0.15, 0.2) is 48.5 Å². The van der Waals surface area contributed by atoms with E-state index in [9.17, 15) is 0 Å². The first-order valence-corrected chi connectivity index (χ1v) is 9.51. The molecule has 6 heteroatoms. The third kappa shape index (κ3) is 5.16. The van der Waals surface area contributed by atoms with Crippen LogP contribution in [-0.2, 0) is 5.41 Å². The van der Waals surface area contributed by atoms with Crippen LogP contribution >= 0.6 is 0 Å². The molecule has 0 fully saturated rings. The minimum absolute atomic E-state index is 0.124. The maximum absolute atomic E-state index is 5.44. The van der Waals surface area contributed by atoms with E-state index < -0.39 is 0 Å². The summed E-state index contributed by atoms with van der Waals surface area (Å²) >= 11 is 0. The minimum Gasteiger partial charge on any atom is -0.497 e. The number of rotatable bonds is 6. The molecule has 1 aromatic heterocycles. The highest BCUT2D eigenvalue weighted by atomic mass is 16.5. The van der Waals surface area contributed by atoms with E-state index in [-0.39, 0.29) is 5.41 Å². The Bertz CT molecular complexity index is 979. The fourth-order valence-electron chi connectivity index (χ4n) is 2.91. The van der Waals surface area contributed by atoms with Crippen LogP contribution in [0.1, 0.15) is 32.0 Å². The van der Waals surface area contributed by atoms with Crippen molar-refractivity contribution in [3.63, 3.8) is 0 Å². The number of aryl methyl sites for hydroxylation is 1. The first-order chi connectivity index (χ1) is 13.8. The molecule has 0 atom stereocenters. The van der Waals surface area contributed by atoms with Gasteiger partial charge in [0.1, 0.15) is 17.3 Å². The molecule has 0 saturated carbocycles. The molecule has 1 heterocycles. The van der Waals surface area contributed by atoms with Crippen molar-refractivity contribution in [2.45, 2.75) is 33.1 Å². The van der Waals surface area contributed by atoms with Crippen molar-refractivity contribution in [2.24, 2.45) is 0 Å². The maximum atomic E-state index is 5.44. The molecule has 0 aliphatic heterocycles. The third-order valence-electron chi connectivity index (χ3n) is 4.53. The quantitative estimate of drug-likeness (QED) is 0.570. The molecule has 3 aromatic rings. The van der Waals surface area contributed by atoms with Crippen molar-refractivity contribution in [1.82, 2.24) is 9.97 Å². The topological polar surface area (TPSA) is 68.3 Å². The van der Waals surface area contributed by atoms with Crippen molar-refractivity contribution in [3.8, 4) is 11.5 Å². The molecule has 0 unspecified atom stereocenters. The van der Waals surface area contributed by atoms with Gasteiger partial charge in [-0.3, -0.25) is 0 Å². The molecule has 152 valence electrons. The molecular weight excluding hydrogens is 364 g/mol. The van der Waals surface area contributed by atoms with E-state index in [0.29, 0.717) is 11.7 Å². The molecule has 3 rings (SSSR count). The molecule has 29 heavy (non-hydrogen) atoms. The van der Waals surface area contributed by atoms with Gasteiger partial charge in [-0.25, -0.2) is 4.98 Å². The van der Waals surface area contributed by atoms with E-state index in [4.69, 9.17) is 9.47 Å². The number of nitrogens with zero attached hydrogens (tertiary/aromatic N) is 2. The highest BCUT2D eigenvalue weighted by Crippen LogP contribution is 2.31. The van der Waals surface area contributed by atoms with Gasteiger partial charge >= 0.3 is 0 Å². The van der Waals surface area contributed by atoms with Gasteiger partial charge in [-0.1, -0.05) is 32.9 Å². The molecule has 2 N–H and O–H groups in total. The van der Waals surface area contributed by atoms with Crippen LogP contribution in [0.25, 0.3) is 0 Å². The molecule has 0 aliphatic rings. The summed E-state index contributed by atoms with van der Waals surface area (Å²) in [6.07, 6.45) is 0. The Morgan fingerprint density at radius 3 is 2.17 bits per heavy atom. The normalized spacial score (nSPS) is 11.1. The van der Waals surface area contributed by atoms with Crippen molar-refractivity contribution >= 4 is 23.1 Å². The molecule has 0 aliphatic carbocycles. The molecule has 2 aromatic carbocycles. The molecular formula is C23H28N4O2. The molecule has 0 bridgehead atoms. The Labute approximate surface area is 172 Å². The summed E-state index contributed by atoms with van der Waals surface area (Å²) in [5.74, 6) is 2.58. The van der Waals surface area contributed by atoms with E-state index in [1.165, 1.54) is 5.56 Å². The van der Waals surface area contributed by atoms with Gasteiger partial charge in [0, 0.05) is 23.5 Å². The van der Waals surface area contributed by atoms with Gasteiger partial charge < -0.3 is 20.1 Å². The predicted molar refractivity (Wildman–Crippen MR) is 118 cm³/mol. The molecule has 0 radical (unpaired) electrons. The standard InChI is InChI=1S/C23H28N4O2/c1-15-13-21(25-17-9-7-16(8-10-17)23(2,3)4)27-22(24-15)26-19-12-11-18(28-5)14-20(19)29-6/h7-14H,1-6H3,(H2,24,25,26,27). The maximum Gasteiger partial charge on any atom is 0.229 e. The van der Waals surface area contributed by atoms with Crippen molar-refractivity contribution in [1.29, 1.82) is 0 Å². The van der Waals surface area contributed by atoms with Gasteiger partial charge in [-0.2, -0.15) is 4.98 Å². The highest BCUT2D eigenvalue weighted by molar-refractivity contribution is 5.66. The van der Waals surface area contributed by atoms with Gasteiger partial charge in [0.05, 0.1) is 19.9 Å². The molecule has 6 nitrogen and oxygen atoms in total. The second kappa shape index (κ2) is 8.39. The minimum atomic E-state index is 0.124. The third-order valence-corrected chi connectivity index (χ3v) is 4.53. The molecule has 0 amide bonds. The van der Waals surface area contributed by atoms with Crippen molar-refractivity contribution < 1.29 is 9.47 Å². The Balaban J connectivity index is 1.82. The van der Waals surface area contributed by atoms with E-state index in [0.717, 1.165) is 28.6 Å². The zero-order valence-corrected chi connectivity index (χ0v) is 17.8. The Morgan fingerprint density at radius 1 is 0.828 bits per heavy atom. The zero-order chi connectivity index (χ0) is 21.0. The van der Waals surface area contributed by atoms with Crippen molar-refractivity contribution in [2.75, 3.05) is 24.9 Å². The predicted octanol–water partition coefficient (Wildman–Crippen LogP) is 5.59. The second-order valence-corrected chi connectivity index (χ2v) is 7.86. The van der Waals surface area contributed by atoms with Crippen LogP contribution in [0.4, 0.5) is 23.1 Å². The summed E-state index contributed by atoms with van der Waals surface area (Å²) in [4.78, 5) is 9.08. The Kier molecular flexibility index (Phi) is 5.92. The smallest absolute Gasteiger partial charge is 0.229 e. The lowest BCUT2D eigenvalue weighted by Gasteiger charge is -2.19. The SMILES string of the molecule is COc1ccc(Nc2nc(C)cc(Nc3ccc(C(C)(C)C)cc3)n2)c(OC)c1. The summed E-state index contributed by atoms with van der Waals surface area (Å²) < 4.78 is 10.7. The van der Waals surface area contributed by atoms with Crippen LogP contribution in [-0.4, -0.2) is 24.2 Å². The van der Waals surface area contributed by atoms with Gasteiger partial charge in [-0.15, -0.1) is 0 Å². The summed E-state index contributed by atoms with van der Waals surface area (Å²) in [5.41, 5.74) is 4.00. The summed E-state index contributed by atoms with van der Waals surface area (Å²) in [6.45, 7) is 8.55. The lowest BCUT2D eigenvalue weighted by atomic mass is 9.87. The summed E-state index contributed by atoms with van der Waals surface area (Å²) in [7, 11) is 3.24. The summed E-state index contributed by atoms with van der Waals surface area (Å²) in [6, 6.07) is 15.9. The Hall–Kier alpha value is -3.28. The summed E-state index contributed by atoms with van der Waals surface area (Å²) in [5, 5.41) is 6.58. The lowest BCUT2D eigenvalue weighted by Crippen LogP contribution is -2.10. The number of nitrogens with one attached hydrogen (secondary N) is 2. The molecule has 0 spiro atoms. The number of anilines is 4. The number of aromatic nitrogens is 2. The fraction of sp³-hybridized carbons (Fsp3) is 0.304. The fourth-order valence-corrected chi connectivity index (χ4v) is 2.91. The van der Waals surface area contributed by atoms with Gasteiger partial charge in [0.2, 0.25) is 5.95 Å². The first kappa shape index (κ1) is 20.5. The van der Waals surface area contributed by atoms with Crippen LogP contribution in [0.2, 0.25) is 0 Å². The van der Waals surface area contributed by atoms with E-state index >= 15 is 0 Å². The largest absolute Gasteiger partial charge is 0.497 e. The van der Waals surface area contributed by atoms with Crippen LogP contribution in [0, 0.1) is 6.92 Å². The monoisotopic (exact) mass is 392 g/mol.